The Morgan fingerprint density at radius 1 is 1.33 bits per heavy atom. The van der Waals surface area contributed by atoms with Gasteiger partial charge < -0.3 is 5.73 Å². The van der Waals surface area contributed by atoms with Crippen LogP contribution in [-0.4, -0.2) is 20.2 Å². The van der Waals surface area contributed by atoms with E-state index in [1.807, 2.05) is 4.68 Å². The van der Waals surface area contributed by atoms with Crippen molar-refractivity contribution < 1.29 is 0 Å². The number of nitrogen functional groups attached to an aromatic ring is 1. The second-order valence-corrected chi connectivity index (χ2v) is 5.15. The van der Waals surface area contributed by atoms with Crippen LogP contribution in [0.1, 0.15) is 39.0 Å². The van der Waals surface area contributed by atoms with Gasteiger partial charge in [0, 0.05) is 30.7 Å². The van der Waals surface area contributed by atoms with E-state index in [0.717, 1.165) is 31.1 Å². The van der Waals surface area contributed by atoms with Gasteiger partial charge >= 0.3 is 0 Å². The lowest BCUT2D eigenvalue weighted by molar-refractivity contribution is 0.134. The number of nitrogens with zero attached hydrogens (tertiary/aromatic N) is 3. The van der Waals surface area contributed by atoms with Gasteiger partial charge in [0.15, 0.2) is 0 Å². The molecule has 84 valence electrons. The van der Waals surface area contributed by atoms with Crippen molar-refractivity contribution in [2.75, 3.05) is 5.73 Å². The molecule has 0 fully saturated rings. The van der Waals surface area contributed by atoms with Gasteiger partial charge in [-0.15, -0.1) is 0 Å². The summed E-state index contributed by atoms with van der Waals surface area (Å²) in [4.78, 5) is 2.40. The molecule has 0 aromatic carbocycles. The van der Waals surface area contributed by atoms with Crippen LogP contribution in [0.2, 0.25) is 0 Å². The Morgan fingerprint density at radius 3 is 2.47 bits per heavy atom. The lowest BCUT2D eigenvalue weighted by Crippen LogP contribution is -2.37. The molecule has 0 unspecified atom stereocenters. The van der Waals surface area contributed by atoms with E-state index in [4.69, 9.17) is 5.73 Å². The van der Waals surface area contributed by atoms with Crippen molar-refractivity contribution in [3.05, 3.63) is 11.3 Å². The molecule has 0 saturated carbocycles. The van der Waals surface area contributed by atoms with Crippen molar-refractivity contribution in [2.45, 2.75) is 52.9 Å². The molecule has 0 saturated heterocycles. The van der Waals surface area contributed by atoms with E-state index < -0.39 is 0 Å². The van der Waals surface area contributed by atoms with E-state index in [1.54, 1.807) is 0 Å². The second kappa shape index (κ2) is 3.23. The highest BCUT2D eigenvalue weighted by atomic mass is 15.3. The highest BCUT2D eigenvalue weighted by Gasteiger charge is 2.32. The largest absolute Gasteiger partial charge is 0.384 e. The number of aryl methyl sites for hydroxylation is 1. The molecule has 0 spiro atoms. The number of hydrogen-bond acceptors (Lipinski definition) is 3. The predicted octanol–water partition coefficient (Wildman–Crippen LogP) is 1.60. The highest BCUT2D eigenvalue weighted by molar-refractivity contribution is 5.45. The molecular formula is C11H20N4. The molecule has 0 atom stereocenters. The summed E-state index contributed by atoms with van der Waals surface area (Å²) in [6.07, 6.45) is 0. The summed E-state index contributed by atoms with van der Waals surface area (Å²) < 4.78 is 1.89. The molecule has 0 amide bonds. The second-order valence-electron chi connectivity index (χ2n) is 5.15. The average Bonchev–Trinajstić information content (AvgIpc) is 2.65. The zero-order valence-electron chi connectivity index (χ0n) is 10.0. The Hall–Kier alpha value is -1.03. The van der Waals surface area contributed by atoms with E-state index in [1.165, 1.54) is 5.56 Å². The normalized spacial score (nSPS) is 17.1. The predicted molar refractivity (Wildman–Crippen MR) is 61.3 cm³/mol. The van der Waals surface area contributed by atoms with Gasteiger partial charge in [-0.2, -0.15) is 5.10 Å². The van der Waals surface area contributed by atoms with Crippen LogP contribution < -0.4 is 5.73 Å². The molecule has 0 aliphatic carbocycles. The molecule has 0 radical (unpaired) electrons. The third-order valence-electron chi connectivity index (χ3n) is 3.11. The van der Waals surface area contributed by atoms with Gasteiger partial charge in [-0.05, 0) is 27.7 Å². The number of aromatic nitrogens is 2. The van der Waals surface area contributed by atoms with Crippen LogP contribution in [0.4, 0.5) is 5.82 Å². The van der Waals surface area contributed by atoms with Gasteiger partial charge in [-0.1, -0.05) is 0 Å². The van der Waals surface area contributed by atoms with E-state index in [9.17, 15) is 0 Å². The average molecular weight is 208 g/mol. The van der Waals surface area contributed by atoms with Crippen molar-refractivity contribution in [1.29, 1.82) is 0 Å². The standard InChI is InChI=1S/C11H20N4/c1-5-15-10(12)8-6-14(11(2,3)4)7-9(8)13-15/h5-7,12H2,1-4H3. The van der Waals surface area contributed by atoms with Crippen LogP contribution in [0.15, 0.2) is 0 Å². The number of hydrogen-bond donors (Lipinski definition) is 1. The third-order valence-corrected chi connectivity index (χ3v) is 3.11. The first-order valence-electron chi connectivity index (χ1n) is 5.52. The van der Waals surface area contributed by atoms with Crippen LogP contribution in [-0.2, 0) is 19.6 Å². The summed E-state index contributed by atoms with van der Waals surface area (Å²) in [5.41, 5.74) is 8.62. The number of nitrogens with two attached hydrogens (primary N) is 1. The quantitative estimate of drug-likeness (QED) is 0.762. The topological polar surface area (TPSA) is 47.1 Å². The van der Waals surface area contributed by atoms with E-state index in [2.05, 4.69) is 37.7 Å². The Morgan fingerprint density at radius 2 is 2.00 bits per heavy atom. The molecule has 4 heteroatoms. The number of anilines is 1. The van der Waals surface area contributed by atoms with Gasteiger partial charge in [0.25, 0.3) is 0 Å². The Labute approximate surface area is 91.1 Å². The summed E-state index contributed by atoms with van der Waals surface area (Å²) >= 11 is 0. The monoisotopic (exact) mass is 208 g/mol. The first-order valence-corrected chi connectivity index (χ1v) is 5.52. The first-order chi connectivity index (χ1) is 6.93. The molecule has 0 bridgehead atoms. The molecular weight excluding hydrogens is 188 g/mol. The first kappa shape index (κ1) is 10.5. The fraction of sp³-hybridized carbons (Fsp3) is 0.727. The van der Waals surface area contributed by atoms with Crippen LogP contribution in [0.3, 0.4) is 0 Å². The van der Waals surface area contributed by atoms with Crippen LogP contribution in [0, 0.1) is 0 Å². The van der Waals surface area contributed by atoms with Gasteiger partial charge in [0.05, 0.1) is 5.69 Å². The molecule has 2 rings (SSSR count). The minimum absolute atomic E-state index is 0.192. The van der Waals surface area contributed by atoms with Crippen molar-refractivity contribution in [3.8, 4) is 0 Å². The van der Waals surface area contributed by atoms with E-state index in [0.29, 0.717) is 0 Å². The van der Waals surface area contributed by atoms with Crippen LogP contribution in [0.25, 0.3) is 0 Å². The summed E-state index contributed by atoms with van der Waals surface area (Å²) in [6, 6.07) is 0. The fourth-order valence-corrected chi connectivity index (χ4v) is 2.01. The van der Waals surface area contributed by atoms with E-state index >= 15 is 0 Å². The summed E-state index contributed by atoms with van der Waals surface area (Å²) in [7, 11) is 0. The van der Waals surface area contributed by atoms with Gasteiger partial charge in [0.2, 0.25) is 0 Å². The molecule has 1 aliphatic rings. The minimum atomic E-state index is 0.192. The van der Waals surface area contributed by atoms with Crippen molar-refractivity contribution >= 4 is 5.82 Å². The maximum Gasteiger partial charge on any atom is 0.126 e. The van der Waals surface area contributed by atoms with Gasteiger partial charge in [0.1, 0.15) is 5.82 Å². The Bertz CT molecular complexity index is 373. The number of fused-ring (bicyclic) bond motifs is 1. The smallest absolute Gasteiger partial charge is 0.126 e. The maximum absolute atomic E-state index is 6.04. The zero-order valence-corrected chi connectivity index (χ0v) is 10.0. The Kier molecular flexibility index (Phi) is 2.26. The molecule has 2 N–H and O–H groups in total. The maximum atomic E-state index is 6.04. The number of rotatable bonds is 1. The van der Waals surface area contributed by atoms with E-state index in [-0.39, 0.29) is 5.54 Å². The summed E-state index contributed by atoms with van der Waals surface area (Å²) in [5.74, 6) is 0.847. The molecule has 1 aromatic rings. The molecule has 1 aliphatic heterocycles. The molecule has 4 nitrogen and oxygen atoms in total. The van der Waals surface area contributed by atoms with Crippen molar-refractivity contribution in [1.82, 2.24) is 14.7 Å². The molecule has 15 heavy (non-hydrogen) atoms. The highest BCUT2D eigenvalue weighted by Crippen LogP contribution is 2.31. The van der Waals surface area contributed by atoms with Crippen molar-refractivity contribution in [3.63, 3.8) is 0 Å². The summed E-state index contributed by atoms with van der Waals surface area (Å²) in [6.45, 7) is 11.5. The minimum Gasteiger partial charge on any atom is -0.384 e. The van der Waals surface area contributed by atoms with Gasteiger partial charge in [-0.25, -0.2) is 4.68 Å². The summed E-state index contributed by atoms with van der Waals surface area (Å²) in [5, 5.41) is 4.52. The SMILES string of the molecule is CCn1nc2c(c1N)CN(C(C)(C)C)C2. The Balaban J connectivity index is 2.27. The van der Waals surface area contributed by atoms with Crippen LogP contribution in [0.5, 0.6) is 0 Å². The zero-order chi connectivity index (χ0) is 11.2. The molecule has 1 aromatic heterocycles. The lowest BCUT2D eigenvalue weighted by atomic mass is 10.1. The fourth-order valence-electron chi connectivity index (χ4n) is 2.01. The molecule has 2 heterocycles. The van der Waals surface area contributed by atoms with Crippen LogP contribution >= 0.6 is 0 Å². The lowest BCUT2D eigenvalue weighted by Gasteiger charge is -2.31. The third kappa shape index (κ3) is 1.63. The van der Waals surface area contributed by atoms with Gasteiger partial charge in [-0.3, -0.25) is 4.90 Å². The van der Waals surface area contributed by atoms with Crippen molar-refractivity contribution in [2.24, 2.45) is 0 Å².